The molecule has 0 N–H and O–H groups in total. The largest absolute Gasteiger partial charge is 0.319 e. The molecule has 2 aromatic rings. The van der Waals surface area contributed by atoms with Crippen molar-refractivity contribution < 1.29 is 4.79 Å². The Hall–Kier alpha value is -1.06. The van der Waals surface area contributed by atoms with Crippen molar-refractivity contribution in [1.29, 1.82) is 0 Å². The molecule has 0 fully saturated rings. The van der Waals surface area contributed by atoms with Gasteiger partial charge >= 0.3 is 0 Å². The van der Waals surface area contributed by atoms with Gasteiger partial charge in [-0.25, -0.2) is 0 Å². The first-order chi connectivity index (χ1) is 9.37. The Balaban J connectivity index is 2.18. The zero-order valence-corrected chi connectivity index (χ0v) is 13.8. The number of nitrogens with zero attached hydrogens (tertiary/aromatic N) is 1. The monoisotopic (exact) mass is 351 g/mol. The van der Waals surface area contributed by atoms with Crippen molar-refractivity contribution in [3.8, 4) is 5.69 Å². The molecule has 0 saturated heterocycles. The molecule has 0 radical (unpaired) electrons. The van der Waals surface area contributed by atoms with Crippen LogP contribution in [-0.2, 0) is 6.42 Å². The van der Waals surface area contributed by atoms with Crippen LogP contribution in [0.2, 0.25) is 5.02 Å². The molecule has 0 saturated carbocycles. The van der Waals surface area contributed by atoms with Crippen LogP contribution in [0, 0.1) is 5.41 Å². The van der Waals surface area contributed by atoms with Gasteiger partial charge < -0.3 is 4.57 Å². The molecule has 0 bridgehead atoms. The number of carbonyl (C=O) groups excluding carboxylic acids is 1. The van der Waals surface area contributed by atoms with Crippen molar-refractivity contribution in [3.05, 3.63) is 51.2 Å². The first-order valence-electron chi connectivity index (χ1n) is 6.56. The minimum absolute atomic E-state index is 0.00520. The van der Waals surface area contributed by atoms with Crippen LogP contribution in [-0.4, -0.2) is 10.4 Å². The number of hydrogen-bond acceptors (Lipinski definition) is 1. The molecule has 0 atom stereocenters. The fraction of sp³-hybridized carbons (Fsp3) is 0.312. The van der Waals surface area contributed by atoms with Gasteiger partial charge in [-0.1, -0.05) is 25.4 Å². The van der Waals surface area contributed by atoms with Crippen molar-refractivity contribution in [1.82, 2.24) is 4.57 Å². The normalized spacial score (nSPS) is 17.1. The standard InChI is InChI=1S/C16H15BrClNO/c1-16(2)8-14-11(15(20)9-16)5-6-19(14)13-7-10(18)3-4-12(13)17/h3-7H,8-9H2,1-2H3. The molecule has 1 aromatic carbocycles. The number of Topliss-reactive ketones (excluding diaryl/α,β-unsaturated/α-hetero) is 1. The lowest BCUT2D eigenvalue weighted by Crippen LogP contribution is -2.27. The summed E-state index contributed by atoms with van der Waals surface area (Å²) >= 11 is 9.66. The van der Waals surface area contributed by atoms with Gasteiger partial charge in [-0.3, -0.25) is 4.79 Å². The van der Waals surface area contributed by atoms with Gasteiger partial charge in [0.25, 0.3) is 0 Å². The number of benzene rings is 1. The third-order valence-corrected chi connectivity index (χ3v) is 4.65. The molecule has 20 heavy (non-hydrogen) atoms. The van der Waals surface area contributed by atoms with E-state index in [1.165, 1.54) is 0 Å². The van der Waals surface area contributed by atoms with E-state index in [9.17, 15) is 4.79 Å². The van der Waals surface area contributed by atoms with Crippen molar-refractivity contribution in [3.63, 3.8) is 0 Å². The summed E-state index contributed by atoms with van der Waals surface area (Å²) in [6.45, 7) is 4.27. The highest BCUT2D eigenvalue weighted by atomic mass is 79.9. The van der Waals surface area contributed by atoms with Crippen LogP contribution in [0.15, 0.2) is 34.9 Å². The fourth-order valence-corrected chi connectivity index (χ4v) is 3.45. The highest BCUT2D eigenvalue weighted by molar-refractivity contribution is 9.10. The van der Waals surface area contributed by atoms with Gasteiger partial charge in [-0.05, 0) is 52.0 Å². The molecule has 1 heterocycles. The summed E-state index contributed by atoms with van der Waals surface area (Å²) in [5.41, 5.74) is 2.90. The number of halogens is 2. The molecule has 0 spiro atoms. The number of rotatable bonds is 1. The van der Waals surface area contributed by atoms with Crippen LogP contribution in [0.1, 0.15) is 36.3 Å². The maximum absolute atomic E-state index is 12.2. The Kier molecular flexibility index (Phi) is 3.30. The van der Waals surface area contributed by atoms with Crippen LogP contribution in [0.25, 0.3) is 5.69 Å². The summed E-state index contributed by atoms with van der Waals surface area (Å²) in [5.74, 6) is 0.230. The average Bonchev–Trinajstić information content (AvgIpc) is 2.74. The van der Waals surface area contributed by atoms with Crippen molar-refractivity contribution in [2.24, 2.45) is 5.41 Å². The summed E-state index contributed by atoms with van der Waals surface area (Å²) in [6, 6.07) is 7.61. The van der Waals surface area contributed by atoms with Crippen LogP contribution in [0.5, 0.6) is 0 Å². The molecule has 2 nitrogen and oxygen atoms in total. The number of aromatic nitrogens is 1. The van der Waals surface area contributed by atoms with Crippen molar-refractivity contribution >= 4 is 33.3 Å². The molecular weight excluding hydrogens is 338 g/mol. The second kappa shape index (κ2) is 4.74. The average molecular weight is 353 g/mol. The number of carbonyl (C=O) groups is 1. The van der Waals surface area contributed by atoms with Gasteiger partial charge in [-0.2, -0.15) is 0 Å². The zero-order chi connectivity index (χ0) is 14.5. The quantitative estimate of drug-likeness (QED) is 0.704. The van der Waals surface area contributed by atoms with Crippen LogP contribution in [0.3, 0.4) is 0 Å². The molecule has 104 valence electrons. The third-order valence-electron chi connectivity index (χ3n) is 3.75. The molecule has 0 aliphatic heterocycles. The molecular formula is C16H15BrClNO. The van der Waals surface area contributed by atoms with E-state index >= 15 is 0 Å². The Morgan fingerprint density at radius 2 is 2.00 bits per heavy atom. The van der Waals surface area contributed by atoms with Gasteiger partial charge in [0, 0.05) is 33.4 Å². The van der Waals surface area contributed by atoms with Gasteiger partial charge in [0.05, 0.1) is 5.69 Å². The minimum atomic E-state index is 0.00520. The molecule has 1 aromatic heterocycles. The number of hydrogen-bond donors (Lipinski definition) is 0. The number of fused-ring (bicyclic) bond motifs is 1. The van der Waals surface area contributed by atoms with Crippen LogP contribution in [0.4, 0.5) is 0 Å². The second-order valence-corrected chi connectivity index (χ2v) is 7.37. The Morgan fingerprint density at radius 3 is 2.75 bits per heavy atom. The minimum Gasteiger partial charge on any atom is -0.319 e. The van der Waals surface area contributed by atoms with E-state index in [4.69, 9.17) is 11.6 Å². The Labute approximate surface area is 131 Å². The van der Waals surface area contributed by atoms with E-state index in [-0.39, 0.29) is 11.2 Å². The third kappa shape index (κ3) is 2.33. The zero-order valence-electron chi connectivity index (χ0n) is 11.4. The van der Waals surface area contributed by atoms with E-state index in [2.05, 4.69) is 34.3 Å². The van der Waals surface area contributed by atoms with Gasteiger partial charge in [0.15, 0.2) is 5.78 Å². The van der Waals surface area contributed by atoms with Gasteiger partial charge in [0.2, 0.25) is 0 Å². The maximum Gasteiger partial charge on any atom is 0.165 e. The molecule has 0 unspecified atom stereocenters. The van der Waals surface area contributed by atoms with Crippen molar-refractivity contribution in [2.45, 2.75) is 26.7 Å². The predicted octanol–water partition coefficient (Wildman–Crippen LogP) is 5.05. The topological polar surface area (TPSA) is 22.0 Å². The Morgan fingerprint density at radius 1 is 1.25 bits per heavy atom. The highest BCUT2D eigenvalue weighted by Gasteiger charge is 2.33. The predicted molar refractivity (Wildman–Crippen MR) is 84.9 cm³/mol. The van der Waals surface area contributed by atoms with E-state index < -0.39 is 0 Å². The summed E-state index contributed by atoms with van der Waals surface area (Å²) in [4.78, 5) is 12.2. The lowest BCUT2D eigenvalue weighted by molar-refractivity contribution is 0.0911. The van der Waals surface area contributed by atoms with E-state index in [1.807, 2.05) is 30.5 Å². The SMILES string of the molecule is CC1(C)CC(=O)c2ccn(-c3cc(Cl)ccc3Br)c2C1. The first-order valence-corrected chi connectivity index (χ1v) is 7.73. The maximum atomic E-state index is 12.2. The summed E-state index contributed by atoms with van der Waals surface area (Å²) in [7, 11) is 0. The first kappa shape index (κ1) is 13.9. The lowest BCUT2D eigenvalue weighted by atomic mass is 9.76. The summed E-state index contributed by atoms with van der Waals surface area (Å²) < 4.78 is 3.04. The molecule has 1 aliphatic rings. The highest BCUT2D eigenvalue weighted by Crippen LogP contribution is 2.37. The van der Waals surface area contributed by atoms with Crippen LogP contribution >= 0.6 is 27.5 Å². The second-order valence-electron chi connectivity index (χ2n) is 6.08. The Bertz CT molecular complexity index is 702. The van der Waals surface area contributed by atoms with E-state index in [1.54, 1.807) is 0 Å². The molecule has 0 amide bonds. The van der Waals surface area contributed by atoms with E-state index in [0.29, 0.717) is 11.4 Å². The van der Waals surface area contributed by atoms with Gasteiger partial charge in [-0.15, -0.1) is 0 Å². The molecule has 3 rings (SSSR count). The fourth-order valence-electron chi connectivity index (χ4n) is 2.84. The van der Waals surface area contributed by atoms with Gasteiger partial charge in [0.1, 0.15) is 0 Å². The number of ketones is 1. The lowest BCUT2D eigenvalue weighted by Gasteiger charge is -2.29. The van der Waals surface area contributed by atoms with Crippen molar-refractivity contribution in [2.75, 3.05) is 0 Å². The molecule has 1 aliphatic carbocycles. The smallest absolute Gasteiger partial charge is 0.165 e. The summed E-state index contributed by atoms with van der Waals surface area (Å²) in [5, 5.41) is 0.687. The van der Waals surface area contributed by atoms with E-state index in [0.717, 1.165) is 27.8 Å². The summed E-state index contributed by atoms with van der Waals surface area (Å²) in [6.07, 6.45) is 3.46. The molecule has 4 heteroatoms. The van der Waals surface area contributed by atoms with Crippen LogP contribution < -0.4 is 0 Å².